The third kappa shape index (κ3) is 3.47. The maximum Gasteiger partial charge on any atom is 0.261 e. The number of H-pyrrole nitrogens is 1. The maximum atomic E-state index is 13.5. The maximum absolute atomic E-state index is 13.5. The topological polar surface area (TPSA) is 106 Å². The average Bonchev–Trinajstić information content (AvgIpc) is 2.69. The van der Waals surface area contributed by atoms with E-state index >= 15 is 0 Å². The molecule has 7 nitrogen and oxygen atoms in total. The highest BCUT2D eigenvalue weighted by Crippen LogP contribution is 2.52. The number of aliphatic hydroxyl groups is 2. The monoisotopic (exact) mass is 439 g/mol. The number of nitrogens with zero attached hydrogens (tertiary/aromatic N) is 1. The Morgan fingerprint density at radius 3 is 2.50 bits per heavy atom. The summed E-state index contributed by atoms with van der Waals surface area (Å²) in [4.78, 5) is 31.7. The van der Waals surface area contributed by atoms with Gasteiger partial charge in [0.1, 0.15) is 5.56 Å². The molecule has 2 aliphatic heterocycles. The summed E-state index contributed by atoms with van der Waals surface area (Å²) >= 11 is 0. The van der Waals surface area contributed by atoms with Gasteiger partial charge in [-0.2, -0.15) is 0 Å². The van der Waals surface area contributed by atoms with Crippen LogP contribution < -0.4 is 10.9 Å². The minimum absolute atomic E-state index is 0.0294. The summed E-state index contributed by atoms with van der Waals surface area (Å²) in [7, 11) is 0. The van der Waals surface area contributed by atoms with Gasteiger partial charge in [-0.05, 0) is 64.4 Å². The summed E-state index contributed by atoms with van der Waals surface area (Å²) < 4.78 is 0. The lowest BCUT2D eigenvalue weighted by Gasteiger charge is -2.61. The van der Waals surface area contributed by atoms with Crippen LogP contribution in [0.2, 0.25) is 0 Å². The number of fused-ring (bicyclic) bond motifs is 1. The van der Waals surface area contributed by atoms with Crippen molar-refractivity contribution in [3.63, 3.8) is 0 Å². The van der Waals surface area contributed by atoms with Crippen LogP contribution in [0.5, 0.6) is 0 Å². The van der Waals surface area contributed by atoms with Gasteiger partial charge >= 0.3 is 0 Å². The quantitative estimate of drug-likeness (QED) is 0.573. The molecular formula is C25H33N3O4. The molecule has 3 heterocycles. The summed E-state index contributed by atoms with van der Waals surface area (Å²) in [5.41, 5.74) is -1.51. The number of aromatic amines is 1. The minimum atomic E-state index is -1.37. The SMILES string of the molecule is CCC(NC(=O)c1c(C(C)(C)O)c2ccccc2[nH]c1=O)N1C2CC3CC1CC(O)(C3)C2. The van der Waals surface area contributed by atoms with Crippen molar-refractivity contribution in [3.05, 3.63) is 45.7 Å². The molecule has 172 valence electrons. The number of para-hydroxylation sites is 1. The van der Waals surface area contributed by atoms with Crippen molar-refractivity contribution in [3.8, 4) is 0 Å². The zero-order valence-corrected chi connectivity index (χ0v) is 19.0. The Labute approximate surface area is 187 Å². The van der Waals surface area contributed by atoms with E-state index in [0.717, 1.165) is 32.1 Å². The second kappa shape index (κ2) is 7.40. The van der Waals surface area contributed by atoms with Crippen molar-refractivity contribution >= 4 is 16.8 Å². The van der Waals surface area contributed by atoms with Crippen LogP contribution in [0.4, 0.5) is 0 Å². The van der Waals surface area contributed by atoms with Crippen molar-refractivity contribution in [1.29, 1.82) is 0 Å². The second-order valence-corrected chi connectivity index (χ2v) is 10.6. The molecule has 6 rings (SSSR count). The van der Waals surface area contributed by atoms with Crippen LogP contribution >= 0.6 is 0 Å². The molecule has 2 saturated heterocycles. The number of pyridine rings is 1. The summed E-state index contributed by atoms with van der Waals surface area (Å²) in [6, 6.07) is 7.73. The van der Waals surface area contributed by atoms with Crippen molar-refractivity contribution < 1.29 is 15.0 Å². The fraction of sp³-hybridized carbons (Fsp3) is 0.600. The van der Waals surface area contributed by atoms with E-state index in [2.05, 4.69) is 15.2 Å². The number of carbonyl (C=O) groups excluding carboxylic acids is 1. The summed E-state index contributed by atoms with van der Waals surface area (Å²) in [5, 5.41) is 25.6. The Kier molecular flexibility index (Phi) is 5.00. The number of aromatic nitrogens is 1. The summed E-state index contributed by atoms with van der Waals surface area (Å²) in [6.07, 6.45) is 4.98. The molecule has 3 atom stereocenters. The Morgan fingerprint density at radius 2 is 1.91 bits per heavy atom. The standard InChI is InChI=1S/C25H33N3O4/c1-4-19(28-15-9-14-10-16(28)13-25(32,11-14)12-15)27-23(30)20-21(24(2,3)31)17-7-5-6-8-18(17)26-22(20)29/h5-8,14-16,19,31-32H,4,9-13H2,1-3H3,(H,26,29)(H,27,30). The number of carbonyl (C=O) groups is 1. The molecule has 4 bridgehead atoms. The molecule has 2 aromatic rings. The number of benzene rings is 1. The van der Waals surface area contributed by atoms with Crippen molar-refractivity contribution in [2.24, 2.45) is 5.92 Å². The second-order valence-electron chi connectivity index (χ2n) is 10.6. The van der Waals surface area contributed by atoms with E-state index in [9.17, 15) is 19.8 Å². The van der Waals surface area contributed by atoms with Gasteiger partial charge in [0.2, 0.25) is 0 Å². The molecule has 2 saturated carbocycles. The highest BCUT2D eigenvalue weighted by molar-refractivity contribution is 6.00. The smallest absolute Gasteiger partial charge is 0.261 e. The van der Waals surface area contributed by atoms with Crippen LogP contribution in [-0.4, -0.2) is 49.9 Å². The van der Waals surface area contributed by atoms with Gasteiger partial charge < -0.3 is 20.5 Å². The number of nitrogens with one attached hydrogen (secondary N) is 2. The van der Waals surface area contributed by atoms with Gasteiger partial charge in [-0.25, -0.2) is 0 Å². The van der Waals surface area contributed by atoms with Crippen molar-refractivity contribution in [2.75, 3.05) is 0 Å². The molecule has 7 heteroatoms. The van der Waals surface area contributed by atoms with Gasteiger partial charge in [-0.15, -0.1) is 0 Å². The van der Waals surface area contributed by atoms with E-state index in [1.807, 2.05) is 25.1 Å². The van der Waals surface area contributed by atoms with E-state index in [-0.39, 0.29) is 23.8 Å². The normalized spacial score (nSPS) is 30.6. The van der Waals surface area contributed by atoms with E-state index < -0.39 is 22.7 Å². The minimum Gasteiger partial charge on any atom is -0.390 e. The highest BCUT2D eigenvalue weighted by Gasteiger charge is 2.55. The van der Waals surface area contributed by atoms with Gasteiger partial charge in [-0.1, -0.05) is 25.1 Å². The van der Waals surface area contributed by atoms with Gasteiger partial charge in [0.25, 0.3) is 11.5 Å². The largest absolute Gasteiger partial charge is 0.390 e. The van der Waals surface area contributed by atoms with Crippen LogP contribution in [0.15, 0.2) is 29.1 Å². The Balaban J connectivity index is 1.50. The van der Waals surface area contributed by atoms with E-state index in [1.165, 1.54) is 0 Å². The number of piperidine rings is 2. The molecule has 0 spiro atoms. The first-order valence-electron chi connectivity index (χ1n) is 11.8. The predicted molar refractivity (Wildman–Crippen MR) is 122 cm³/mol. The molecule has 4 N–H and O–H groups in total. The van der Waals surface area contributed by atoms with Gasteiger partial charge in [-0.3, -0.25) is 14.5 Å². The van der Waals surface area contributed by atoms with Crippen LogP contribution in [0.25, 0.3) is 10.9 Å². The molecular weight excluding hydrogens is 406 g/mol. The first-order chi connectivity index (χ1) is 15.1. The predicted octanol–water partition coefficient (Wildman–Crippen LogP) is 2.60. The zero-order valence-electron chi connectivity index (χ0n) is 19.0. The lowest BCUT2D eigenvalue weighted by Crippen LogP contribution is -2.69. The first-order valence-corrected chi connectivity index (χ1v) is 11.8. The van der Waals surface area contributed by atoms with Crippen molar-refractivity contribution in [2.45, 2.75) is 88.7 Å². The van der Waals surface area contributed by atoms with E-state index in [0.29, 0.717) is 28.8 Å². The lowest BCUT2D eigenvalue weighted by molar-refractivity contribution is -0.170. The Morgan fingerprint density at radius 1 is 1.25 bits per heavy atom. The highest BCUT2D eigenvalue weighted by atomic mass is 16.3. The lowest BCUT2D eigenvalue weighted by atomic mass is 9.61. The average molecular weight is 440 g/mol. The number of hydrogen-bond acceptors (Lipinski definition) is 5. The molecule has 1 amide bonds. The molecule has 4 aliphatic rings. The van der Waals surface area contributed by atoms with E-state index in [4.69, 9.17) is 0 Å². The van der Waals surface area contributed by atoms with Gasteiger partial charge in [0.05, 0.1) is 17.4 Å². The van der Waals surface area contributed by atoms with Crippen LogP contribution in [0.3, 0.4) is 0 Å². The third-order valence-electron chi connectivity index (χ3n) is 7.76. The summed E-state index contributed by atoms with van der Waals surface area (Å²) in [6.45, 7) is 5.24. The molecule has 1 aromatic heterocycles. The number of rotatable bonds is 5. The van der Waals surface area contributed by atoms with Crippen LogP contribution in [0.1, 0.15) is 75.2 Å². The number of amides is 1. The van der Waals surface area contributed by atoms with E-state index in [1.54, 1.807) is 19.9 Å². The first kappa shape index (κ1) is 21.6. The zero-order chi connectivity index (χ0) is 22.8. The fourth-order valence-electron chi connectivity index (χ4n) is 6.83. The van der Waals surface area contributed by atoms with Crippen LogP contribution in [0, 0.1) is 5.92 Å². The Bertz CT molecular complexity index is 1100. The van der Waals surface area contributed by atoms with Gasteiger partial charge in [0.15, 0.2) is 0 Å². The van der Waals surface area contributed by atoms with Crippen LogP contribution in [-0.2, 0) is 5.60 Å². The molecule has 2 aliphatic carbocycles. The molecule has 32 heavy (non-hydrogen) atoms. The Hall–Kier alpha value is -2.22. The number of hydrogen-bond donors (Lipinski definition) is 4. The molecule has 4 fully saturated rings. The van der Waals surface area contributed by atoms with Gasteiger partial charge in [0, 0.05) is 28.6 Å². The molecule has 0 radical (unpaired) electrons. The molecule has 1 aromatic carbocycles. The third-order valence-corrected chi connectivity index (χ3v) is 7.76. The summed E-state index contributed by atoms with van der Waals surface area (Å²) in [5.74, 6) is 0.0978. The van der Waals surface area contributed by atoms with Crippen molar-refractivity contribution in [1.82, 2.24) is 15.2 Å². The molecule has 3 unspecified atom stereocenters. The fourth-order valence-corrected chi connectivity index (χ4v) is 6.83.